The van der Waals surface area contributed by atoms with Gasteiger partial charge in [-0.25, -0.2) is 9.78 Å². The largest absolute Gasteiger partial charge is 0.495 e. The lowest BCUT2D eigenvalue weighted by Crippen LogP contribution is -2.35. The van der Waals surface area contributed by atoms with E-state index in [0.717, 1.165) is 12.8 Å². The number of amides is 2. The summed E-state index contributed by atoms with van der Waals surface area (Å²) in [5, 5.41) is 11.6. The van der Waals surface area contributed by atoms with Gasteiger partial charge in [-0.3, -0.25) is 9.59 Å². The number of nitrogens with one attached hydrogen (secondary N) is 1. The Kier molecular flexibility index (Phi) is 5.35. The predicted molar refractivity (Wildman–Crippen MR) is 98.3 cm³/mol. The first-order chi connectivity index (χ1) is 13.0. The van der Waals surface area contributed by atoms with Crippen molar-refractivity contribution >= 4 is 29.2 Å². The Morgan fingerprint density at radius 3 is 2.67 bits per heavy atom. The molecule has 3 rings (SSSR count). The zero-order valence-electron chi connectivity index (χ0n) is 14.8. The molecule has 0 saturated carbocycles. The first kappa shape index (κ1) is 18.4. The summed E-state index contributed by atoms with van der Waals surface area (Å²) in [7, 11) is 1.53. The first-order valence-corrected chi connectivity index (χ1v) is 8.48. The predicted octanol–water partition coefficient (Wildman–Crippen LogP) is 2.56. The maximum Gasteiger partial charge on any atom is 0.354 e. The fraction of sp³-hybridized carbons (Fsp3) is 0.263. The lowest BCUT2D eigenvalue weighted by atomic mass is 10.1. The van der Waals surface area contributed by atoms with Gasteiger partial charge in [0.05, 0.1) is 18.4 Å². The molecule has 8 nitrogen and oxygen atoms in total. The molecule has 1 aromatic heterocycles. The monoisotopic (exact) mass is 369 g/mol. The van der Waals surface area contributed by atoms with Gasteiger partial charge >= 0.3 is 5.97 Å². The summed E-state index contributed by atoms with van der Waals surface area (Å²) < 4.78 is 5.35. The van der Waals surface area contributed by atoms with Gasteiger partial charge in [0.15, 0.2) is 0 Å². The molecule has 2 aromatic rings. The number of benzene rings is 1. The zero-order chi connectivity index (χ0) is 19.4. The van der Waals surface area contributed by atoms with Crippen molar-refractivity contribution in [3.8, 4) is 5.75 Å². The molecule has 8 heteroatoms. The van der Waals surface area contributed by atoms with Crippen LogP contribution in [0.5, 0.6) is 5.75 Å². The second-order valence-corrected chi connectivity index (χ2v) is 6.08. The van der Waals surface area contributed by atoms with Crippen molar-refractivity contribution in [3.05, 3.63) is 47.8 Å². The fourth-order valence-corrected chi connectivity index (χ4v) is 2.90. The molecule has 27 heavy (non-hydrogen) atoms. The first-order valence-electron chi connectivity index (χ1n) is 8.48. The highest BCUT2D eigenvalue weighted by molar-refractivity contribution is 6.05. The van der Waals surface area contributed by atoms with Crippen molar-refractivity contribution in [2.45, 2.75) is 19.3 Å². The minimum atomic E-state index is -1.16. The number of pyridine rings is 1. The summed E-state index contributed by atoms with van der Waals surface area (Å²) in [4.78, 5) is 40.9. The Bertz CT molecular complexity index is 879. The summed E-state index contributed by atoms with van der Waals surface area (Å²) in [5.41, 5.74) is 1.20. The number of rotatable bonds is 5. The molecule has 2 amide bonds. The van der Waals surface area contributed by atoms with E-state index in [-0.39, 0.29) is 17.2 Å². The third-order valence-electron chi connectivity index (χ3n) is 4.30. The van der Waals surface area contributed by atoms with Gasteiger partial charge in [-0.15, -0.1) is 0 Å². The van der Waals surface area contributed by atoms with Gasteiger partial charge in [0.25, 0.3) is 5.91 Å². The van der Waals surface area contributed by atoms with E-state index >= 15 is 0 Å². The van der Waals surface area contributed by atoms with Gasteiger partial charge in [0.1, 0.15) is 11.4 Å². The molecule has 2 N–H and O–H groups in total. The Morgan fingerprint density at radius 2 is 2.04 bits per heavy atom. The van der Waals surface area contributed by atoms with Gasteiger partial charge in [0, 0.05) is 24.8 Å². The number of methoxy groups -OCH3 is 1. The summed E-state index contributed by atoms with van der Waals surface area (Å²) in [6, 6.07) is 7.72. The maximum atomic E-state index is 12.4. The van der Waals surface area contributed by atoms with E-state index in [1.165, 1.54) is 25.4 Å². The van der Waals surface area contributed by atoms with Crippen LogP contribution in [0.15, 0.2) is 36.5 Å². The molecule has 1 saturated heterocycles. The number of hydrogen-bond donors (Lipinski definition) is 2. The molecule has 2 heterocycles. The molecule has 1 aromatic carbocycles. The van der Waals surface area contributed by atoms with Crippen LogP contribution in [0.2, 0.25) is 0 Å². The van der Waals surface area contributed by atoms with E-state index in [1.54, 1.807) is 23.1 Å². The van der Waals surface area contributed by atoms with Crippen LogP contribution < -0.4 is 15.0 Å². The average molecular weight is 369 g/mol. The van der Waals surface area contributed by atoms with Gasteiger partial charge in [-0.1, -0.05) is 0 Å². The van der Waals surface area contributed by atoms with Crippen LogP contribution in [-0.4, -0.2) is 41.5 Å². The second-order valence-electron chi connectivity index (χ2n) is 6.08. The van der Waals surface area contributed by atoms with Crippen LogP contribution in [0.4, 0.5) is 11.4 Å². The lowest BCUT2D eigenvalue weighted by molar-refractivity contribution is -0.119. The van der Waals surface area contributed by atoms with Crippen LogP contribution in [-0.2, 0) is 4.79 Å². The number of carboxylic acids is 1. The third-order valence-corrected chi connectivity index (χ3v) is 4.30. The van der Waals surface area contributed by atoms with Crippen LogP contribution in [0.3, 0.4) is 0 Å². The van der Waals surface area contributed by atoms with Gasteiger partial charge in [0.2, 0.25) is 5.91 Å². The maximum absolute atomic E-state index is 12.4. The summed E-state index contributed by atoms with van der Waals surface area (Å²) in [5.74, 6) is -1.01. The van der Waals surface area contributed by atoms with E-state index in [2.05, 4.69) is 10.3 Å². The van der Waals surface area contributed by atoms with Crippen LogP contribution in [0.25, 0.3) is 0 Å². The minimum absolute atomic E-state index is 0.0245. The van der Waals surface area contributed by atoms with E-state index in [0.29, 0.717) is 30.1 Å². The molecular weight excluding hydrogens is 350 g/mol. The normalized spacial score (nSPS) is 14.0. The topological polar surface area (TPSA) is 109 Å². The molecular formula is C19H19N3O5. The minimum Gasteiger partial charge on any atom is -0.495 e. The molecule has 140 valence electrons. The number of carbonyl (C=O) groups excluding carboxylic acids is 2. The molecule has 1 aliphatic rings. The fourth-order valence-electron chi connectivity index (χ4n) is 2.90. The number of nitrogens with zero attached hydrogens (tertiary/aromatic N) is 2. The number of carboxylic acid groups (broad SMARTS) is 1. The second kappa shape index (κ2) is 7.86. The SMILES string of the molecule is COc1ccc(NC(=O)c2ccc(C(=O)O)nc2)cc1N1CCCCC1=O. The summed E-state index contributed by atoms with van der Waals surface area (Å²) in [6.07, 6.45) is 3.47. The van der Waals surface area contributed by atoms with Crippen LogP contribution in [0.1, 0.15) is 40.1 Å². The number of carbonyl (C=O) groups is 3. The molecule has 0 radical (unpaired) electrons. The number of piperidine rings is 1. The summed E-state index contributed by atoms with van der Waals surface area (Å²) >= 11 is 0. The highest BCUT2D eigenvalue weighted by Crippen LogP contribution is 2.33. The molecule has 0 atom stereocenters. The average Bonchev–Trinajstić information content (AvgIpc) is 2.68. The van der Waals surface area contributed by atoms with Crippen molar-refractivity contribution in [3.63, 3.8) is 0 Å². The van der Waals surface area contributed by atoms with Gasteiger partial charge in [-0.2, -0.15) is 0 Å². The van der Waals surface area contributed by atoms with Crippen LogP contribution in [0, 0.1) is 0 Å². The molecule has 0 unspecified atom stereocenters. The van der Waals surface area contributed by atoms with Crippen LogP contribution >= 0.6 is 0 Å². The highest BCUT2D eigenvalue weighted by atomic mass is 16.5. The quantitative estimate of drug-likeness (QED) is 0.838. The highest BCUT2D eigenvalue weighted by Gasteiger charge is 2.23. The van der Waals surface area contributed by atoms with E-state index in [9.17, 15) is 14.4 Å². The van der Waals surface area contributed by atoms with Crippen molar-refractivity contribution in [2.24, 2.45) is 0 Å². The molecule has 0 spiro atoms. The number of aromatic nitrogens is 1. The van der Waals surface area contributed by atoms with E-state index < -0.39 is 11.9 Å². The van der Waals surface area contributed by atoms with Gasteiger partial charge in [-0.05, 0) is 43.2 Å². The van der Waals surface area contributed by atoms with Crippen molar-refractivity contribution in [1.29, 1.82) is 0 Å². The molecule has 1 fully saturated rings. The Labute approximate surface area is 155 Å². The lowest BCUT2D eigenvalue weighted by Gasteiger charge is -2.28. The zero-order valence-corrected chi connectivity index (χ0v) is 14.8. The van der Waals surface area contributed by atoms with Gasteiger partial charge < -0.3 is 20.1 Å². The van der Waals surface area contributed by atoms with E-state index in [1.807, 2.05) is 0 Å². The third kappa shape index (κ3) is 4.05. The smallest absolute Gasteiger partial charge is 0.354 e. The number of ether oxygens (including phenoxy) is 1. The molecule has 0 aliphatic carbocycles. The van der Waals surface area contributed by atoms with Crippen molar-refractivity contribution < 1.29 is 24.2 Å². The standard InChI is InChI=1S/C19H19N3O5/c1-27-16-8-6-13(10-15(16)22-9-3-2-4-17(22)23)21-18(24)12-5-7-14(19(25)26)20-11-12/h5-8,10-11H,2-4,9H2,1H3,(H,21,24)(H,25,26). The molecule has 0 bridgehead atoms. The number of hydrogen-bond acceptors (Lipinski definition) is 5. The molecule has 1 aliphatic heterocycles. The van der Waals surface area contributed by atoms with E-state index in [4.69, 9.17) is 9.84 Å². The Hall–Kier alpha value is -3.42. The summed E-state index contributed by atoms with van der Waals surface area (Å²) in [6.45, 7) is 0.604. The Balaban J connectivity index is 1.82. The van der Waals surface area contributed by atoms with Crippen molar-refractivity contribution in [1.82, 2.24) is 4.98 Å². The Morgan fingerprint density at radius 1 is 1.22 bits per heavy atom. The number of anilines is 2. The van der Waals surface area contributed by atoms with Crippen molar-refractivity contribution in [2.75, 3.05) is 23.9 Å². The number of aromatic carboxylic acids is 1.